The average Bonchev–Trinajstić information content (AvgIpc) is 3.10. The number of rotatable bonds is 6. The maximum Gasteiger partial charge on any atom is 0.493 e. The zero-order chi connectivity index (χ0) is 25.3. The molecule has 0 aliphatic carbocycles. The fourth-order valence-electron chi connectivity index (χ4n) is 3.03. The lowest BCUT2D eigenvalue weighted by Crippen LogP contribution is -2.36. The molecule has 0 amide bonds. The van der Waals surface area contributed by atoms with Crippen LogP contribution >= 0.6 is 0 Å². The van der Waals surface area contributed by atoms with Gasteiger partial charge in [0.05, 0.1) is 6.20 Å². The number of fused-ring (bicyclic) bond motifs is 1. The van der Waals surface area contributed by atoms with Gasteiger partial charge in [-0.1, -0.05) is 30.7 Å². The first-order valence-electron chi connectivity index (χ1n) is 10.1. The molecule has 35 heavy (non-hydrogen) atoms. The van der Waals surface area contributed by atoms with E-state index < -0.39 is 23.7 Å². The van der Waals surface area contributed by atoms with Crippen molar-refractivity contribution in [2.24, 2.45) is 0 Å². The zero-order valence-electron chi connectivity index (χ0n) is 18.2. The van der Waals surface area contributed by atoms with E-state index in [4.69, 9.17) is 4.42 Å². The second-order valence-corrected chi connectivity index (χ2v) is 7.64. The minimum atomic E-state index is -5.33. The van der Waals surface area contributed by atoms with E-state index in [1.807, 2.05) is 24.3 Å². The van der Waals surface area contributed by atoms with Crippen LogP contribution in [-0.2, 0) is 4.79 Å². The summed E-state index contributed by atoms with van der Waals surface area (Å²) in [5.74, 6) is -4.61. The van der Waals surface area contributed by atoms with Crippen LogP contribution in [0, 0.1) is 5.82 Å². The third kappa shape index (κ3) is 5.23. The van der Waals surface area contributed by atoms with E-state index in [2.05, 4.69) is 39.3 Å². The van der Waals surface area contributed by atoms with Gasteiger partial charge in [0.2, 0.25) is 5.95 Å². The van der Waals surface area contributed by atoms with E-state index in [0.29, 0.717) is 11.6 Å². The van der Waals surface area contributed by atoms with Crippen LogP contribution in [0.2, 0.25) is 0 Å². The van der Waals surface area contributed by atoms with Gasteiger partial charge in [0.25, 0.3) is 0 Å². The van der Waals surface area contributed by atoms with Gasteiger partial charge >= 0.3 is 17.9 Å². The van der Waals surface area contributed by atoms with Crippen LogP contribution in [0.4, 0.5) is 40.7 Å². The number of alkyl halides is 3. The first-order chi connectivity index (χ1) is 16.5. The summed E-state index contributed by atoms with van der Waals surface area (Å²) < 4.78 is 56.8. The van der Waals surface area contributed by atoms with Crippen molar-refractivity contribution in [3.8, 4) is 0 Å². The molecule has 0 saturated heterocycles. The predicted molar refractivity (Wildman–Crippen MR) is 117 cm³/mol. The highest BCUT2D eigenvalue weighted by molar-refractivity contribution is 5.81. The van der Waals surface area contributed by atoms with E-state index in [0.717, 1.165) is 17.8 Å². The molecule has 4 aromatic rings. The molecule has 0 unspecified atom stereocenters. The third-order valence-corrected chi connectivity index (χ3v) is 4.79. The number of nitrogens with one attached hydrogen (secondary N) is 2. The van der Waals surface area contributed by atoms with Gasteiger partial charge in [-0.25, -0.2) is 19.0 Å². The van der Waals surface area contributed by atoms with Gasteiger partial charge in [-0.2, -0.15) is 18.2 Å². The van der Waals surface area contributed by atoms with Crippen LogP contribution in [0.15, 0.2) is 57.9 Å². The van der Waals surface area contributed by atoms with Gasteiger partial charge in [-0.15, -0.1) is 0 Å². The molecule has 13 heteroatoms. The van der Waals surface area contributed by atoms with E-state index >= 15 is 0 Å². The van der Waals surface area contributed by atoms with Crippen molar-refractivity contribution < 1.29 is 31.6 Å². The minimum absolute atomic E-state index is 0.0560. The fourth-order valence-corrected chi connectivity index (χ4v) is 3.03. The first kappa shape index (κ1) is 23.7. The number of hydrogen-bond acceptors (Lipinski definition) is 8. The number of halogens is 4. The Labute approximate surface area is 194 Å². The Balaban J connectivity index is 1.59. The largest absolute Gasteiger partial charge is 0.493 e. The second kappa shape index (κ2) is 9.08. The molecule has 2 aromatic heterocycles. The summed E-state index contributed by atoms with van der Waals surface area (Å²) in [5, 5.41) is 5.60. The van der Waals surface area contributed by atoms with Gasteiger partial charge in [-0.3, -0.25) is 0 Å². The summed E-state index contributed by atoms with van der Waals surface area (Å²) in [6.45, 7) is 4.12. The number of carbonyl (C=O) groups is 1. The molecule has 2 heterocycles. The Hall–Kier alpha value is -4.42. The predicted octanol–water partition coefficient (Wildman–Crippen LogP) is 4.65. The number of aromatic nitrogens is 3. The number of hydrogen-bond donors (Lipinski definition) is 2. The number of nitrogens with zero attached hydrogens (tertiary/aromatic N) is 3. The lowest BCUT2D eigenvalue weighted by molar-refractivity contribution is -0.200. The van der Waals surface area contributed by atoms with Gasteiger partial charge in [-0.05, 0) is 41.8 Å². The summed E-state index contributed by atoms with van der Waals surface area (Å²) in [6, 6.07) is 11.2. The van der Waals surface area contributed by atoms with Gasteiger partial charge in [0, 0.05) is 11.4 Å². The van der Waals surface area contributed by atoms with Gasteiger partial charge < -0.3 is 19.9 Å². The van der Waals surface area contributed by atoms with Crippen LogP contribution in [-0.4, -0.2) is 26.8 Å². The molecule has 0 fully saturated rings. The SMILES string of the molecule is CC(C)c1ccc(Nc2ncc(F)c(Nc3ccc4oc(=O)n(OC(=O)C(F)(F)F)c4c3)n2)cc1. The highest BCUT2D eigenvalue weighted by atomic mass is 19.4. The van der Waals surface area contributed by atoms with Crippen LogP contribution in [0.1, 0.15) is 25.3 Å². The molecule has 2 aromatic carbocycles. The Morgan fingerprint density at radius 2 is 1.77 bits per heavy atom. The molecule has 4 rings (SSSR count). The van der Waals surface area contributed by atoms with E-state index in [1.165, 1.54) is 12.1 Å². The summed E-state index contributed by atoms with van der Waals surface area (Å²) in [4.78, 5) is 35.1. The van der Waals surface area contributed by atoms with Crippen LogP contribution in [0.5, 0.6) is 0 Å². The molecule has 0 atom stereocenters. The second-order valence-electron chi connectivity index (χ2n) is 7.64. The average molecular weight is 491 g/mol. The van der Waals surface area contributed by atoms with Crippen molar-refractivity contribution in [1.82, 2.24) is 14.7 Å². The molecule has 2 N–H and O–H groups in total. The third-order valence-electron chi connectivity index (χ3n) is 4.79. The Kier molecular flexibility index (Phi) is 6.16. The Morgan fingerprint density at radius 1 is 1.09 bits per heavy atom. The summed E-state index contributed by atoms with van der Waals surface area (Å²) >= 11 is 0. The quantitative estimate of drug-likeness (QED) is 0.375. The Morgan fingerprint density at radius 3 is 2.43 bits per heavy atom. The number of oxazole rings is 1. The highest BCUT2D eigenvalue weighted by Crippen LogP contribution is 2.25. The maximum atomic E-state index is 14.4. The molecule has 0 spiro atoms. The van der Waals surface area contributed by atoms with Gasteiger partial charge in [0.15, 0.2) is 17.2 Å². The molecule has 182 valence electrons. The van der Waals surface area contributed by atoms with Crippen molar-refractivity contribution in [3.63, 3.8) is 0 Å². The first-order valence-corrected chi connectivity index (χ1v) is 10.1. The summed E-state index contributed by atoms with van der Waals surface area (Å²) in [6.07, 6.45) is -4.40. The minimum Gasteiger partial charge on any atom is -0.405 e. The summed E-state index contributed by atoms with van der Waals surface area (Å²) in [7, 11) is 0. The van der Waals surface area contributed by atoms with E-state index in [9.17, 15) is 27.2 Å². The van der Waals surface area contributed by atoms with Crippen LogP contribution < -0.4 is 21.2 Å². The number of benzene rings is 2. The molecule has 9 nitrogen and oxygen atoms in total. The highest BCUT2D eigenvalue weighted by Gasteiger charge is 2.42. The van der Waals surface area contributed by atoms with Crippen molar-refractivity contribution in [1.29, 1.82) is 0 Å². The smallest absolute Gasteiger partial charge is 0.405 e. The van der Waals surface area contributed by atoms with Crippen LogP contribution in [0.3, 0.4) is 0 Å². The van der Waals surface area contributed by atoms with Crippen molar-refractivity contribution in [2.75, 3.05) is 10.6 Å². The van der Waals surface area contributed by atoms with E-state index in [-0.39, 0.29) is 33.3 Å². The number of anilines is 4. The molecule has 0 aliphatic heterocycles. The molecular formula is C22H17F4N5O4. The van der Waals surface area contributed by atoms with Crippen molar-refractivity contribution in [3.05, 3.63) is 70.6 Å². The molecule has 0 saturated carbocycles. The standard InChI is InChI=1S/C22H17F4N5O4/c1-11(2)12-3-5-13(6-4-12)29-20-27-10-15(23)18(30-20)28-14-7-8-17-16(9-14)31(21(33)34-17)35-19(32)22(24,25)26/h3-11H,1-2H3,(H2,27,28,29,30). The monoisotopic (exact) mass is 491 g/mol. The van der Waals surface area contributed by atoms with Crippen molar-refractivity contribution in [2.45, 2.75) is 25.9 Å². The Bertz CT molecular complexity index is 1450. The summed E-state index contributed by atoms with van der Waals surface area (Å²) in [5.41, 5.74) is 1.45. The molecule has 0 bridgehead atoms. The number of carbonyl (C=O) groups excluding carboxylic acids is 1. The normalized spacial score (nSPS) is 11.6. The fraction of sp³-hybridized carbons (Fsp3) is 0.182. The maximum absolute atomic E-state index is 14.4. The molecule has 0 radical (unpaired) electrons. The molecule has 0 aliphatic rings. The van der Waals surface area contributed by atoms with Crippen LogP contribution in [0.25, 0.3) is 11.1 Å². The lowest BCUT2D eigenvalue weighted by atomic mass is 10.0. The van der Waals surface area contributed by atoms with E-state index in [1.54, 1.807) is 0 Å². The van der Waals surface area contributed by atoms with Crippen molar-refractivity contribution >= 4 is 40.2 Å². The lowest BCUT2D eigenvalue weighted by Gasteiger charge is -2.11. The molecular weight excluding hydrogens is 474 g/mol. The zero-order valence-corrected chi connectivity index (χ0v) is 18.2. The topological polar surface area (TPSA) is 111 Å². The van der Waals surface area contributed by atoms with Gasteiger partial charge in [0.1, 0.15) is 5.52 Å².